The number of halogens is 3. The maximum absolute atomic E-state index is 12.6. The van der Waals surface area contributed by atoms with Gasteiger partial charge in [0.05, 0.1) is 24.0 Å². The number of likely N-dealkylation sites (N-methyl/N-ethyl adjacent to an activating group) is 2. The summed E-state index contributed by atoms with van der Waals surface area (Å²) in [5, 5.41) is 20.2. The standard InChI is InChI=1S/C15H18N4O.C13H14F3N5O/c1-17(13-7-8-18(10-13)11-16)15(20)19-9-6-12-4-2-3-5-14(12)19;1-20(10-4-5-21(7-10)8-17)12(22)19-9-2-3-11(18-6-9)13(14,15)16/h2-5,13H,6-10H2,1H3;2-3,6,10H,4-5,7H2,1H3,(H,19,22)/t13-;10-/m11/s1. The molecule has 0 radical (unpaired) electrons. The Bertz CT molecular complexity index is 1360. The van der Waals surface area contributed by atoms with Gasteiger partial charge >= 0.3 is 18.2 Å². The Kier molecular flexibility index (Phi) is 9.25. The number of rotatable bonds is 3. The van der Waals surface area contributed by atoms with Crippen LogP contribution in [0.1, 0.15) is 24.1 Å². The van der Waals surface area contributed by atoms with Gasteiger partial charge in [0.25, 0.3) is 0 Å². The van der Waals surface area contributed by atoms with E-state index in [0.29, 0.717) is 26.1 Å². The molecule has 2 aromatic rings. The van der Waals surface area contributed by atoms with Crippen LogP contribution < -0.4 is 10.2 Å². The zero-order valence-corrected chi connectivity index (χ0v) is 23.4. The molecule has 0 bridgehead atoms. The molecule has 14 heteroatoms. The summed E-state index contributed by atoms with van der Waals surface area (Å²) in [4.78, 5) is 36.3. The topological polar surface area (TPSA) is 123 Å². The lowest BCUT2D eigenvalue weighted by molar-refractivity contribution is -0.141. The first-order valence-corrected chi connectivity index (χ1v) is 13.5. The molecule has 1 aromatic heterocycles. The van der Waals surface area contributed by atoms with Crippen molar-refractivity contribution in [3.63, 3.8) is 0 Å². The number of hydrogen-bond donors (Lipinski definition) is 1. The highest BCUT2D eigenvalue weighted by Crippen LogP contribution is 2.29. The summed E-state index contributed by atoms with van der Waals surface area (Å²) in [6.07, 6.45) is 3.08. The number of alkyl halides is 3. The minimum absolute atomic E-state index is 0.0414. The van der Waals surface area contributed by atoms with E-state index < -0.39 is 17.9 Å². The maximum atomic E-state index is 12.6. The minimum atomic E-state index is -4.51. The molecule has 11 nitrogen and oxygen atoms in total. The summed E-state index contributed by atoms with van der Waals surface area (Å²) >= 11 is 0. The summed E-state index contributed by atoms with van der Waals surface area (Å²) in [5.74, 6) is 0. The van der Waals surface area contributed by atoms with Gasteiger partial charge in [-0.05, 0) is 43.0 Å². The van der Waals surface area contributed by atoms with Crippen LogP contribution in [-0.4, -0.2) is 95.5 Å². The molecule has 0 aliphatic carbocycles. The van der Waals surface area contributed by atoms with E-state index in [-0.39, 0.29) is 23.8 Å². The second kappa shape index (κ2) is 12.9. The molecule has 0 saturated carbocycles. The van der Waals surface area contributed by atoms with E-state index in [2.05, 4.69) is 22.6 Å². The van der Waals surface area contributed by atoms with Crippen LogP contribution in [0, 0.1) is 22.9 Å². The molecule has 1 aromatic carbocycles. The van der Waals surface area contributed by atoms with E-state index in [9.17, 15) is 22.8 Å². The van der Waals surface area contributed by atoms with Crippen molar-refractivity contribution in [2.75, 3.05) is 57.0 Å². The largest absolute Gasteiger partial charge is 0.433 e. The molecule has 0 spiro atoms. The smallest absolute Gasteiger partial charge is 0.323 e. The Morgan fingerprint density at radius 3 is 2.12 bits per heavy atom. The molecule has 5 rings (SSSR count). The summed E-state index contributed by atoms with van der Waals surface area (Å²) in [6.45, 7) is 3.17. The molecule has 222 valence electrons. The molecule has 42 heavy (non-hydrogen) atoms. The van der Waals surface area contributed by atoms with Crippen molar-refractivity contribution in [2.45, 2.75) is 37.5 Å². The fourth-order valence-electron chi connectivity index (χ4n) is 5.19. The number of fused-ring (bicyclic) bond motifs is 1. The van der Waals surface area contributed by atoms with Crippen LogP contribution in [-0.2, 0) is 12.6 Å². The van der Waals surface area contributed by atoms with Gasteiger partial charge in [0.15, 0.2) is 12.4 Å². The highest BCUT2D eigenvalue weighted by atomic mass is 19.4. The van der Waals surface area contributed by atoms with E-state index in [1.54, 1.807) is 21.7 Å². The van der Waals surface area contributed by atoms with Gasteiger partial charge < -0.3 is 24.9 Å². The summed E-state index contributed by atoms with van der Waals surface area (Å²) in [7, 11) is 3.42. The number of carbonyl (C=O) groups excluding carboxylic acids is 2. The second-order valence-electron chi connectivity index (χ2n) is 10.4. The van der Waals surface area contributed by atoms with Crippen molar-refractivity contribution in [1.82, 2.24) is 24.6 Å². The van der Waals surface area contributed by atoms with Gasteiger partial charge in [-0.15, -0.1) is 0 Å². The number of anilines is 2. The molecule has 4 amide bonds. The van der Waals surface area contributed by atoms with E-state index >= 15 is 0 Å². The molecular weight excluding hydrogens is 551 g/mol. The molecule has 1 N–H and O–H groups in total. The normalized spacial score (nSPS) is 19.3. The van der Waals surface area contributed by atoms with Gasteiger partial charge in [-0.3, -0.25) is 4.90 Å². The SMILES string of the molecule is CN(C(=O)N1CCc2ccccc21)[C@@H]1CCN(C#N)C1.CN(C(=O)Nc1ccc(C(F)(F)F)nc1)[C@@H]1CCN(C#N)C1. The zero-order valence-electron chi connectivity index (χ0n) is 23.4. The molecule has 3 aliphatic heterocycles. The number of urea groups is 2. The van der Waals surface area contributed by atoms with Crippen LogP contribution in [0.2, 0.25) is 0 Å². The van der Waals surface area contributed by atoms with Crippen molar-refractivity contribution in [3.8, 4) is 12.4 Å². The molecule has 2 fully saturated rings. The van der Waals surface area contributed by atoms with Gasteiger partial charge in [-0.2, -0.15) is 23.7 Å². The van der Waals surface area contributed by atoms with Crippen molar-refractivity contribution < 1.29 is 22.8 Å². The van der Waals surface area contributed by atoms with Gasteiger partial charge in [-0.25, -0.2) is 14.6 Å². The summed E-state index contributed by atoms with van der Waals surface area (Å²) in [5.41, 5.74) is 1.43. The Balaban J connectivity index is 0.000000193. The van der Waals surface area contributed by atoms with Crippen LogP contribution >= 0.6 is 0 Å². The zero-order chi connectivity index (χ0) is 30.4. The van der Waals surface area contributed by atoms with Gasteiger partial charge in [0.1, 0.15) is 5.69 Å². The molecule has 3 aliphatic rings. The number of benzene rings is 1. The monoisotopic (exact) mass is 583 g/mol. The van der Waals surface area contributed by atoms with Gasteiger partial charge in [0, 0.05) is 52.5 Å². The lowest BCUT2D eigenvalue weighted by Gasteiger charge is -2.29. The lowest BCUT2D eigenvalue weighted by atomic mass is 10.2. The van der Waals surface area contributed by atoms with Crippen molar-refractivity contribution >= 4 is 23.4 Å². The number of likely N-dealkylation sites (tertiary alicyclic amines) is 2. The number of nitrogens with zero attached hydrogens (tertiary/aromatic N) is 8. The third kappa shape index (κ3) is 6.94. The Morgan fingerprint density at radius 2 is 1.57 bits per heavy atom. The van der Waals surface area contributed by atoms with Gasteiger partial charge in [0.2, 0.25) is 0 Å². The number of aromatic nitrogens is 1. The minimum Gasteiger partial charge on any atom is -0.323 e. The van der Waals surface area contributed by atoms with E-state index in [1.165, 1.54) is 10.5 Å². The molecule has 0 unspecified atom stereocenters. The van der Waals surface area contributed by atoms with Crippen molar-refractivity contribution in [1.29, 1.82) is 10.5 Å². The maximum Gasteiger partial charge on any atom is 0.433 e. The highest BCUT2D eigenvalue weighted by molar-refractivity contribution is 5.94. The number of amides is 4. The number of nitrogens with one attached hydrogen (secondary N) is 1. The summed E-state index contributed by atoms with van der Waals surface area (Å²) < 4.78 is 37.2. The average Bonchev–Trinajstić information content (AvgIpc) is 3.76. The fourth-order valence-corrected chi connectivity index (χ4v) is 5.19. The van der Waals surface area contributed by atoms with E-state index in [4.69, 9.17) is 10.5 Å². The predicted octanol–water partition coefficient (Wildman–Crippen LogP) is 3.78. The Hall–Kier alpha value is -4.72. The first-order chi connectivity index (χ1) is 20.0. The average molecular weight is 584 g/mol. The quantitative estimate of drug-likeness (QED) is 0.546. The molecule has 2 atom stereocenters. The number of pyridine rings is 1. The van der Waals surface area contributed by atoms with Crippen LogP contribution in [0.15, 0.2) is 42.6 Å². The van der Waals surface area contributed by atoms with Crippen molar-refractivity contribution in [2.24, 2.45) is 0 Å². The predicted molar refractivity (Wildman–Crippen MR) is 148 cm³/mol. The third-order valence-corrected chi connectivity index (χ3v) is 7.75. The number of carbonyl (C=O) groups is 2. The number of hydrogen-bond acceptors (Lipinski definition) is 7. The van der Waals surface area contributed by atoms with Crippen LogP contribution in [0.5, 0.6) is 0 Å². The van der Waals surface area contributed by atoms with Crippen LogP contribution in [0.4, 0.5) is 34.1 Å². The Morgan fingerprint density at radius 1 is 0.952 bits per heavy atom. The van der Waals surface area contributed by atoms with E-state index in [0.717, 1.165) is 49.9 Å². The Labute approximate surface area is 242 Å². The van der Waals surface area contributed by atoms with Crippen LogP contribution in [0.3, 0.4) is 0 Å². The van der Waals surface area contributed by atoms with Crippen molar-refractivity contribution in [3.05, 3.63) is 53.9 Å². The van der Waals surface area contributed by atoms with Crippen LogP contribution in [0.25, 0.3) is 0 Å². The summed E-state index contributed by atoms with van der Waals surface area (Å²) in [6, 6.07) is 9.64. The highest BCUT2D eigenvalue weighted by Gasteiger charge is 2.34. The van der Waals surface area contributed by atoms with Gasteiger partial charge in [-0.1, -0.05) is 18.2 Å². The molecule has 2 saturated heterocycles. The molecule has 4 heterocycles. The number of nitriles is 2. The second-order valence-corrected chi connectivity index (χ2v) is 10.4. The lowest BCUT2D eigenvalue weighted by Crippen LogP contribution is -2.46. The van der Waals surface area contributed by atoms with E-state index in [1.807, 2.05) is 36.3 Å². The first kappa shape index (κ1) is 30.2. The number of para-hydroxylation sites is 1. The fraction of sp³-hybridized carbons (Fsp3) is 0.464. The first-order valence-electron chi connectivity index (χ1n) is 13.5. The molecular formula is C28H32F3N9O2. The third-order valence-electron chi connectivity index (χ3n) is 7.75.